The fourth-order valence-electron chi connectivity index (χ4n) is 2.36. The van der Waals surface area contributed by atoms with Gasteiger partial charge in [0.05, 0.1) is 6.42 Å². The topological polar surface area (TPSA) is 87.7 Å². The molecule has 98 valence electrons. The van der Waals surface area contributed by atoms with Crippen molar-refractivity contribution in [3.05, 3.63) is 0 Å². The molecule has 5 nitrogen and oxygen atoms in total. The van der Waals surface area contributed by atoms with Gasteiger partial charge in [-0.15, -0.1) is 0 Å². The third kappa shape index (κ3) is 5.06. The van der Waals surface area contributed by atoms with Crippen LogP contribution in [0.1, 0.15) is 45.4 Å². The second-order valence-corrected chi connectivity index (χ2v) is 4.87. The van der Waals surface area contributed by atoms with E-state index in [0.29, 0.717) is 12.5 Å². The van der Waals surface area contributed by atoms with Crippen molar-refractivity contribution in [3.63, 3.8) is 0 Å². The lowest BCUT2D eigenvalue weighted by molar-refractivity contribution is -0.120. The Labute approximate surface area is 102 Å². The van der Waals surface area contributed by atoms with E-state index in [0.717, 1.165) is 5.92 Å². The molecule has 1 aliphatic carbocycles. The van der Waals surface area contributed by atoms with Gasteiger partial charge in [0, 0.05) is 6.54 Å². The minimum atomic E-state index is -0.169. The molecule has 1 rings (SSSR count). The number of hydrogen-bond acceptors (Lipinski definition) is 3. The molecule has 0 bridgehead atoms. The van der Waals surface area contributed by atoms with Crippen LogP contribution >= 0.6 is 0 Å². The first-order valence-corrected chi connectivity index (χ1v) is 6.38. The Morgan fingerprint density at radius 2 is 1.94 bits per heavy atom. The van der Waals surface area contributed by atoms with E-state index < -0.39 is 0 Å². The summed E-state index contributed by atoms with van der Waals surface area (Å²) in [4.78, 5) is 11.4. The monoisotopic (exact) mass is 241 g/mol. The van der Waals surface area contributed by atoms with Crippen molar-refractivity contribution in [1.82, 2.24) is 5.32 Å². The zero-order valence-corrected chi connectivity index (χ0v) is 10.5. The summed E-state index contributed by atoms with van der Waals surface area (Å²) in [5, 5.41) is 14.0. The Morgan fingerprint density at radius 3 is 2.47 bits per heavy atom. The first-order chi connectivity index (χ1) is 8.15. The Kier molecular flexibility index (Phi) is 5.80. The first kappa shape index (κ1) is 13.8. The predicted molar refractivity (Wildman–Crippen MR) is 66.8 cm³/mol. The van der Waals surface area contributed by atoms with E-state index in [1.165, 1.54) is 32.1 Å². The van der Waals surface area contributed by atoms with E-state index in [2.05, 4.69) is 17.4 Å². The predicted octanol–water partition coefficient (Wildman–Crippen LogP) is 1.46. The third-order valence-electron chi connectivity index (χ3n) is 3.60. The summed E-state index contributed by atoms with van der Waals surface area (Å²) in [5.74, 6) is 1.25. The maximum atomic E-state index is 11.4. The Morgan fingerprint density at radius 1 is 1.35 bits per heavy atom. The van der Waals surface area contributed by atoms with E-state index in [9.17, 15) is 4.79 Å². The Hall–Kier alpha value is -1.26. The highest BCUT2D eigenvalue weighted by molar-refractivity contribution is 5.98. The third-order valence-corrected chi connectivity index (χ3v) is 3.60. The highest BCUT2D eigenvalue weighted by atomic mass is 16.4. The van der Waals surface area contributed by atoms with Crippen molar-refractivity contribution >= 4 is 11.7 Å². The molecule has 0 unspecified atom stereocenters. The van der Waals surface area contributed by atoms with Crippen LogP contribution in [0.15, 0.2) is 5.16 Å². The highest BCUT2D eigenvalue weighted by Gasteiger charge is 2.20. The quantitative estimate of drug-likeness (QED) is 0.295. The van der Waals surface area contributed by atoms with Crippen LogP contribution in [0, 0.1) is 11.8 Å². The lowest BCUT2D eigenvalue weighted by Gasteiger charge is -2.27. The van der Waals surface area contributed by atoms with E-state index in [1.54, 1.807) is 0 Å². The van der Waals surface area contributed by atoms with Crippen LogP contribution in [0.5, 0.6) is 0 Å². The molecule has 5 heteroatoms. The van der Waals surface area contributed by atoms with Crippen LogP contribution in [0.2, 0.25) is 0 Å². The molecule has 1 fully saturated rings. The fourth-order valence-corrected chi connectivity index (χ4v) is 2.36. The smallest absolute Gasteiger partial charge is 0.227 e. The molecule has 1 amide bonds. The molecular formula is C12H23N3O2. The van der Waals surface area contributed by atoms with Gasteiger partial charge >= 0.3 is 0 Å². The van der Waals surface area contributed by atoms with Gasteiger partial charge in [-0.2, -0.15) is 0 Å². The number of amidine groups is 1. The number of nitrogens with one attached hydrogen (secondary N) is 1. The van der Waals surface area contributed by atoms with Gasteiger partial charge in [0.2, 0.25) is 5.91 Å². The van der Waals surface area contributed by atoms with Gasteiger partial charge in [0.1, 0.15) is 5.84 Å². The molecule has 17 heavy (non-hydrogen) atoms. The summed E-state index contributed by atoms with van der Waals surface area (Å²) in [6.07, 6.45) is 6.18. The van der Waals surface area contributed by atoms with Crippen LogP contribution in [-0.4, -0.2) is 23.5 Å². The minimum absolute atomic E-state index is 0.0270. The number of amides is 1. The number of hydrogen-bond donors (Lipinski definition) is 3. The van der Waals surface area contributed by atoms with Crippen molar-refractivity contribution in [3.8, 4) is 0 Å². The first-order valence-electron chi connectivity index (χ1n) is 6.38. The maximum absolute atomic E-state index is 11.4. The van der Waals surface area contributed by atoms with Crippen LogP contribution in [0.3, 0.4) is 0 Å². The molecule has 0 spiro atoms. The van der Waals surface area contributed by atoms with E-state index in [-0.39, 0.29) is 18.2 Å². The summed E-state index contributed by atoms with van der Waals surface area (Å²) >= 11 is 0. The van der Waals surface area contributed by atoms with Crippen molar-refractivity contribution in [1.29, 1.82) is 0 Å². The van der Waals surface area contributed by atoms with Gasteiger partial charge in [-0.05, 0) is 24.7 Å². The Balaban J connectivity index is 2.17. The second kappa shape index (κ2) is 7.14. The van der Waals surface area contributed by atoms with Crippen molar-refractivity contribution in [2.45, 2.75) is 45.4 Å². The molecule has 0 aromatic rings. The van der Waals surface area contributed by atoms with Crippen molar-refractivity contribution in [2.24, 2.45) is 22.7 Å². The molecule has 0 heterocycles. The van der Waals surface area contributed by atoms with Gasteiger partial charge in [0.15, 0.2) is 0 Å². The van der Waals surface area contributed by atoms with Gasteiger partial charge in [-0.3, -0.25) is 4.79 Å². The lowest BCUT2D eigenvalue weighted by atomic mass is 9.81. The SMILES string of the molecule is CCC1CCC(CNC(=O)CC(N)=NO)CC1. The van der Waals surface area contributed by atoms with Crippen LogP contribution in [0.4, 0.5) is 0 Å². The number of carbonyl (C=O) groups is 1. The standard InChI is InChI=1S/C12H23N3O2/c1-2-9-3-5-10(6-4-9)8-14-12(16)7-11(13)15-17/h9-10,17H,2-8H2,1H3,(H2,13,15)(H,14,16). The second-order valence-electron chi connectivity index (χ2n) is 4.87. The lowest BCUT2D eigenvalue weighted by Crippen LogP contribution is -2.33. The highest BCUT2D eigenvalue weighted by Crippen LogP contribution is 2.29. The largest absolute Gasteiger partial charge is 0.409 e. The average molecular weight is 241 g/mol. The molecule has 0 radical (unpaired) electrons. The molecule has 0 saturated heterocycles. The molecule has 1 aliphatic rings. The van der Waals surface area contributed by atoms with E-state index >= 15 is 0 Å². The minimum Gasteiger partial charge on any atom is -0.409 e. The van der Waals surface area contributed by atoms with Crippen LogP contribution in [0.25, 0.3) is 0 Å². The molecule has 0 aromatic carbocycles. The number of oxime groups is 1. The van der Waals surface area contributed by atoms with Crippen LogP contribution < -0.4 is 11.1 Å². The molecule has 0 aromatic heterocycles. The average Bonchev–Trinajstić information content (AvgIpc) is 2.36. The Bertz CT molecular complexity index is 271. The fraction of sp³-hybridized carbons (Fsp3) is 0.833. The van der Waals surface area contributed by atoms with Crippen molar-refractivity contribution in [2.75, 3.05) is 6.54 Å². The molecule has 1 saturated carbocycles. The van der Waals surface area contributed by atoms with E-state index in [4.69, 9.17) is 10.9 Å². The summed E-state index contributed by atoms with van der Waals surface area (Å²) in [6.45, 7) is 2.96. The summed E-state index contributed by atoms with van der Waals surface area (Å²) in [5.41, 5.74) is 5.26. The summed E-state index contributed by atoms with van der Waals surface area (Å²) in [7, 11) is 0. The zero-order chi connectivity index (χ0) is 12.7. The maximum Gasteiger partial charge on any atom is 0.227 e. The van der Waals surface area contributed by atoms with Gasteiger partial charge in [-0.25, -0.2) is 0 Å². The van der Waals surface area contributed by atoms with Crippen molar-refractivity contribution < 1.29 is 10.0 Å². The number of rotatable bonds is 5. The number of nitrogens with zero attached hydrogens (tertiary/aromatic N) is 1. The number of carbonyl (C=O) groups excluding carboxylic acids is 1. The molecule has 4 N–H and O–H groups in total. The zero-order valence-electron chi connectivity index (χ0n) is 10.5. The summed E-state index contributed by atoms with van der Waals surface area (Å²) < 4.78 is 0. The summed E-state index contributed by atoms with van der Waals surface area (Å²) in [6, 6.07) is 0. The van der Waals surface area contributed by atoms with Crippen LogP contribution in [-0.2, 0) is 4.79 Å². The van der Waals surface area contributed by atoms with Gasteiger partial charge in [-0.1, -0.05) is 31.3 Å². The van der Waals surface area contributed by atoms with E-state index in [1.807, 2.05) is 0 Å². The normalized spacial score (nSPS) is 25.6. The molecular weight excluding hydrogens is 218 g/mol. The van der Waals surface area contributed by atoms with Gasteiger partial charge in [0.25, 0.3) is 0 Å². The molecule has 0 atom stereocenters. The number of nitrogens with two attached hydrogens (primary N) is 1. The molecule has 0 aliphatic heterocycles. The van der Waals surface area contributed by atoms with Gasteiger partial charge < -0.3 is 16.3 Å².